The third kappa shape index (κ3) is 4.16. The van der Waals surface area contributed by atoms with E-state index in [9.17, 15) is 4.79 Å². The minimum atomic E-state index is 0.0394. The van der Waals surface area contributed by atoms with E-state index in [0.29, 0.717) is 6.54 Å². The summed E-state index contributed by atoms with van der Waals surface area (Å²) in [7, 11) is 0. The minimum absolute atomic E-state index is 0.0394. The topological polar surface area (TPSA) is 41.1 Å². The van der Waals surface area contributed by atoms with Crippen molar-refractivity contribution in [3.63, 3.8) is 0 Å². The van der Waals surface area contributed by atoms with Crippen molar-refractivity contribution < 1.29 is 4.79 Å². The van der Waals surface area contributed by atoms with Crippen LogP contribution in [0.3, 0.4) is 0 Å². The smallest absolute Gasteiger partial charge is 0.234 e. The normalized spacial score (nSPS) is 17.8. The number of amides is 1. The van der Waals surface area contributed by atoms with Crippen LogP contribution in [0, 0.1) is 0 Å². The first-order chi connectivity index (χ1) is 11.6. The average molecular weight is 343 g/mol. The number of hydrogen-bond acceptors (Lipinski definition) is 2. The van der Waals surface area contributed by atoms with Crippen LogP contribution < -0.4 is 10.6 Å². The third-order valence-electron chi connectivity index (χ3n) is 4.64. The van der Waals surface area contributed by atoms with Gasteiger partial charge in [0.15, 0.2) is 0 Å². The van der Waals surface area contributed by atoms with Crippen LogP contribution in [0.15, 0.2) is 48.5 Å². The van der Waals surface area contributed by atoms with Gasteiger partial charge >= 0.3 is 0 Å². The zero-order valence-electron chi connectivity index (χ0n) is 13.9. The van der Waals surface area contributed by atoms with Crippen molar-refractivity contribution in [1.82, 2.24) is 10.6 Å². The second-order valence-corrected chi connectivity index (χ2v) is 6.80. The Hall–Kier alpha value is -1.84. The van der Waals surface area contributed by atoms with E-state index >= 15 is 0 Å². The summed E-state index contributed by atoms with van der Waals surface area (Å²) < 4.78 is 0. The van der Waals surface area contributed by atoms with Gasteiger partial charge in [0, 0.05) is 11.1 Å². The van der Waals surface area contributed by atoms with E-state index in [1.54, 1.807) is 0 Å². The lowest BCUT2D eigenvalue weighted by atomic mass is 9.88. The number of halogens is 1. The fourth-order valence-corrected chi connectivity index (χ4v) is 3.39. The molecule has 0 unspecified atom stereocenters. The van der Waals surface area contributed by atoms with E-state index in [1.165, 1.54) is 11.1 Å². The number of hydrogen-bond donors (Lipinski definition) is 2. The maximum absolute atomic E-state index is 12.3. The summed E-state index contributed by atoms with van der Waals surface area (Å²) in [5, 5.41) is 7.17. The SMILES string of the molecule is C[C@@H](NCC(=O)N[C@H]1CCCc2ccccc21)c1ccc(Cl)cc1. The van der Waals surface area contributed by atoms with E-state index in [1.807, 2.05) is 37.3 Å². The second-order valence-electron chi connectivity index (χ2n) is 6.37. The monoisotopic (exact) mass is 342 g/mol. The Morgan fingerprint density at radius 1 is 1.21 bits per heavy atom. The number of benzene rings is 2. The number of carbonyl (C=O) groups is 1. The summed E-state index contributed by atoms with van der Waals surface area (Å²) in [4.78, 5) is 12.3. The molecule has 1 amide bonds. The molecule has 4 heteroatoms. The molecule has 1 aliphatic rings. The lowest BCUT2D eigenvalue weighted by Crippen LogP contribution is -2.38. The number of rotatable bonds is 5. The summed E-state index contributed by atoms with van der Waals surface area (Å²) in [5.74, 6) is 0.0394. The number of fused-ring (bicyclic) bond motifs is 1. The summed E-state index contributed by atoms with van der Waals surface area (Å²) in [5.41, 5.74) is 3.75. The molecule has 2 N–H and O–H groups in total. The molecular formula is C20H23ClN2O. The number of carbonyl (C=O) groups excluding carboxylic acids is 1. The van der Waals surface area contributed by atoms with Gasteiger partial charge in [-0.3, -0.25) is 4.79 Å². The standard InChI is InChI=1S/C20H23ClN2O/c1-14(15-9-11-17(21)12-10-15)22-13-20(24)23-19-8-4-6-16-5-2-3-7-18(16)19/h2-3,5,7,9-12,14,19,22H,4,6,8,13H2,1H3,(H,23,24)/t14-,19+/m1/s1. The molecule has 126 valence electrons. The predicted molar refractivity (Wildman–Crippen MR) is 98.1 cm³/mol. The lowest BCUT2D eigenvalue weighted by Gasteiger charge is -2.26. The van der Waals surface area contributed by atoms with Crippen LogP contribution in [0.1, 0.15) is 48.5 Å². The first-order valence-corrected chi connectivity index (χ1v) is 8.87. The molecule has 0 saturated heterocycles. The molecule has 3 nitrogen and oxygen atoms in total. The summed E-state index contributed by atoms with van der Waals surface area (Å²) in [6, 6.07) is 16.3. The second kappa shape index (κ2) is 7.82. The molecule has 0 heterocycles. The first-order valence-electron chi connectivity index (χ1n) is 8.49. The van der Waals surface area contributed by atoms with Crippen LogP contribution in [-0.2, 0) is 11.2 Å². The highest BCUT2D eigenvalue weighted by molar-refractivity contribution is 6.30. The predicted octanol–water partition coefficient (Wildman–Crippen LogP) is 4.18. The van der Waals surface area contributed by atoms with Gasteiger partial charge in [0.05, 0.1) is 12.6 Å². The Morgan fingerprint density at radius 3 is 2.75 bits per heavy atom. The molecule has 2 aromatic carbocycles. The van der Waals surface area contributed by atoms with Gasteiger partial charge in [-0.25, -0.2) is 0 Å². The Balaban J connectivity index is 1.54. The first kappa shape index (κ1) is 17.0. The molecule has 0 saturated carbocycles. The molecule has 0 fully saturated rings. The molecule has 0 radical (unpaired) electrons. The highest BCUT2D eigenvalue weighted by Crippen LogP contribution is 2.29. The van der Waals surface area contributed by atoms with Gasteiger partial charge in [0.1, 0.15) is 0 Å². The Kier molecular flexibility index (Phi) is 5.54. The van der Waals surface area contributed by atoms with Gasteiger partial charge in [-0.2, -0.15) is 0 Å². The molecule has 3 rings (SSSR count). The van der Waals surface area contributed by atoms with E-state index in [-0.39, 0.29) is 18.0 Å². The van der Waals surface area contributed by atoms with E-state index < -0.39 is 0 Å². The quantitative estimate of drug-likeness (QED) is 0.855. The van der Waals surface area contributed by atoms with E-state index in [4.69, 9.17) is 11.6 Å². The van der Waals surface area contributed by atoms with Gasteiger partial charge in [-0.05, 0) is 55.0 Å². The Labute approximate surface area is 148 Å². The van der Waals surface area contributed by atoms with Crippen molar-refractivity contribution in [2.24, 2.45) is 0 Å². The molecule has 24 heavy (non-hydrogen) atoms. The van der Waals surface area contributed by atoms with Crippen LogP contribution in [0.4, 0.5) is 0 Å². The fraction of sp³-hybridized carbons (Fsp3) is 0.350. The molecule has 2 atom stereocenters. The van der Waals surface area contributed by atoms with Gasteiger partial charge < -0.3 is 10.6 Å². The average Bonchev–Trinajstić information content (AvgIpc) is 2.61. The summed E-state index contributed by atoms with van der Waals surface area (Å²) in [6.45, 7) is 2.36. The van der Waals surface area contributed by atoms with Crippen molar-refractivity contribution in [1.29, 1.82) is 0 Å². The van der Waals surface area contributed by atoms with Crippen LogP contribution in [-0.4, -0.2) is 12.5 Å². The molecule has 0 aromatic heterocycles. The van der Waals surface area contributed by atoms with Gasteiger partial charge in [-0.1, -0.05) is 48.0 Å². The zero-order chi connectivity index (χ0) is 16.9. The zero-order valence-corrected chi connectivity index (χ0v) is 14.6. The molecule has 0 spiro atoms. The van der Waals surface area contributed by atoms with Crippen LogP contribution in [0.2, 0.25) is 5.02 Å². The van der Waals surface area contributed by atoms with Crippen molar-refractivity contribution >= 4 is 17.5 Å². The van der Waals surface area contributed by atoms with Gasteiger partial charge in [0.25, 0.3) is 0 Å². The maximum Gasteiger partial charge on any atom is 0.234 e. The van der Waals surface area contributed by atoms with Crippen molar-refractivity contribution in [2.75, 3.05) is 6.54 Å². The van der Waals surface area contributed by atoms with Crippen LogP contribution in [0.25, 0.3) is 0 Å². The fourth-order valence-electron chi connectivity index (χ4n) is 3.26. The van der Waals surface area contributed by atoms with Crippen molar-refractivity contribution in [3.05, 3.63) is 70.2 Å². The largest absolute Gasteiger partial charge is 0.348 e. The Bertz CT molecular complexity index is 699. The van der Waals surface area contributed by atoms with E-state index in [2.05, 4.69) is 28.8 Å². The summed E-state index contributed by atoms with van der Waals surface area (Å²) in [6.07, 6.45) is 3.24. The highest BCUT2D eigenvalue weighted by atomic mass is 35.5. The number of nitrogens with one attached hydrogen (secondary N) is 2. The lowest BCUT2D eigenvalue weighted by molar-refractivity contribution is -0.121. The molecule has 2 aromatic rings. The van der Waals surface area contributed by atoms with Crippen LogP contribution in [0.5, 0.6) is 0 Å². The molecule has 0 bridgehead atoms. The third-order valence-corrected chi connectivity index (χ3v) is 4.90. The van der Waals surface area contributed by atoms with Gasteiger partial charge in [0.2, 0.25) is 5.91 Å². The van der Waals surface area contributed by atoms with Crippen LogP contribution >= 0.6 is 11.6 Å². The van der Waals surface area contributed by atoms with Gasteiger partial charge in [-0.15, -0.1) is 0 Å². The Morgan fingerprint density at radius 2 is 1.96 bits per heavy atom. The molecule has 0 aliphatic heterocycles. The number of aryl methyl sites for hydroxylation is 1. The minimum Gasteiger partial charge on any atom is -0.348 e. The highest BCUT2D eigenvalue weighted by Gasteiger charge is 2.21. The molecular weight excluding hydrogens is 320 g/mol. The van der Waals surface area contributed by atoms with Crippen molar-refractivity contribution in [2.45, 2.75) is 38.3 Å². The van der Waals surface area contributed by atoms with Crippen molar-refractivity contribution in [3.8, 4) is 0 Å². The summed E-state index contributed by atoms with van der Waals surface area (Å²) >= 11 is 5.91. The molecule has 1 aliphatic carbocycles. The van der Waals surface area contributed by atoms with E-state index in [0.717, 1.165) is 29.8 Å². The maximum atomic E-state index is 12.3.